The molecule has 0 saturated carbocycles. The van der Waals surface area contributed by atoms with Crippen molar-refractivity contribution in [2.75, 3.05) is 5.88 Å². The Bertz CT molecular complexity index is 1030. The molecule has 156 valence electrons. The molecule has 2 aromatic carbocycles. The summed E-state index contributed by atoms with van der Waals surface area (Å²) in [6.45, 7) is 0. The summed E-state index contributed by atoms with van der Waals surface area (Å²) in [5.41, 5.74) is 2.20. The molecule has 8 heteroatoms. The lowest BCUT2D eigenvalue weighted by Crippen LogP contribution is -2.30. The Hall–Kier alpha value is -3.19. The molecule has 0 radical (unpaired) electrons. The van der Waals surface area contributed by atoms with Crippen molar-refractivity contribution in [3.8, 4) is 0 Å². The Morgan fingerprint density at radius 3 is 2.50 bits per heavy atom. The van der Waals surface area contributed by atoms with Gasteiger partial charge in [0, 0.05) is 5.71 Å². The van der Waals surface area contributed by atoms with Gasteiger partial charge in [0.15, 0.2) is 0 Å². The fourth-order valence-corrected chi connectivity index (χ4v) is 3.41. The molecule has 0 unspecified atom stereocenters. The number of aromatic nitrogens is 2. The van der Waals surface area contributed by atoms with E-state index in [9.17, 15) is 14.7 Å². The molecular formula is C22H23ClN4O3. The van der Waals surface area contributed by atoms with Crippen molar-refractivity contribution in [3.05, 3.63) is 65.5 Å². The second kappa shape index (κ2) is 10.0. The Kier molecular flexibility index (Phi) is 7.19. The molecule has 1 amide bonds. The minimum atomic E-state index is -1.15. The number of imidazole rings is 1. The zero-order chi connectivity index (χ0) is 21.5. The van der Waals surface area contributed by atoms with Gasteiger partial charge < -0.3 is 20.8 Å². The van der Waals surface area contributed by atoms with Crippen LogP contribution in [-0.2, 0) is 0 Å². The SMILES string of the molecule is N=C(CCl)CCCC[C@H](NC(=O)c1ccccc1C(=O)O)c1nc2ccccc2[nH]1. The molecule has 3 aromatic rings. The number of hydrogen-bond donors (Lipinski definition) is 4. The van der Waals surface area contributed by atoms with E-state index in [4.69, 9.17) is 17.0 Å². The summed E-state index contributed by atoms with van der Waals surface area (Å²) >= 11 is 5.67. The van der Waals surface area contributed by atoms with Crippen molar-refractivity contribution >= 4 is 40.2 Å². The molecule has 1 aromatic heterocycles. The highest BCUT2D eigenvalue weighted by Gasteiger charge is 2.22. The summed E-state index contributed by atoms with van der Waals surface area (Å²) in [7, 11) is 0. The molecule has 0 aliphatic rings. The van der Waals surface area contributed by atoms with E-state index in [1.54, 1.807) is 12.1 Å². The third-order valence-corrected chi connectivity index (χ3v) is 5.15. The van der Waals surface area contributed by atoms with Crippen LogP contribution < -0.4 is 5.32 Å². The number of hydrogen-bond acceptors (Lipinski definition) is 4. The molecule has 7 nitrogen and oxygen atoms in total. The summed E-state index contributed by atoms with van der Waals surface area (Å²) in [5.74, 6) is -0.784. The number of unbranched alkanes of at least 4 members (excludes halogenated alkanes) is 1. The van der Waals surface area contributed by atoms with Gasteiger partial charge in [-0.2, -0.15) is 0 Å². The minimum absolute atomic E-state index is 0.0473. The topological polar surface area (TPSA) is 119 Å². The molecule has 1 heterocycles. The Labute approximate surface area is 179 Å². The fraction of sp³-hybridized carbons (Fsp3) is 0.273. The van der Waals surface area contributed by atoms with Crippen LogP contribution in [0.3, 0.4) is 0 Å². The van der Waals surface area contributed by atoms with E-state index in [2.05, 4.69) is 15.3 Å². The third-order valence-electron chi connectivity index (χ3n) is 4.83. The first kappa shape index (κ1) is 21.5. The van der Waals surface area contributed by atoms with Gasteiger partial charge in [0.05, 0.1) is 34.1 Å². The number of nitrogens with zero attached hydrogens (tertiary/aromatic N) is 1. The van der Waals surface area contributed by atoms with Crippen molar-refractivity contribution in [2.24, 2.45) is 0 Å². The van der Waals surface area contributed by atoms with Gasteiger partial charge in [-0.25, -0.2) is 9.78 Å². The van der Waals surface area contributed by atoms with Gasteiger partial charge >= 0.3 is 5.97 Å². The molecule has 4 N–H and O–H groups in total. The molecule has 0 aliphatic heterocycles. The van der Waals surface area contributed by atoms with Gasteiger partial charge in [0.2, 0.25) is 0 Å². The zero-order valence-corrected chi connectivity index (χ0v) is 17.1. The second-order valence-corrected chi connectivity index (χ2v) is 7.27. The Morgan fingerprint density at radius 2 is 1.80 bits per heavy atom. The third kappa shape index (κ3) is 5.24. The van der Waals surface area contributed by atoms with Crippen molar-refractivity contribution < 1.29 is 14.7 Å². The molecule has 0 fully saturated rings. The number of nitrogens with one attached hydrogen (secondary N) is 3. The summed E-state index contributed by atoms with van der Waals surface area (Å²) in [6.07, 6.45) is 2.72. The van der Waals surface area contributed by atoms with Gasteiger partial charge in [0.25, 0.3) is 5.91 Å². The quantitative estimate of drug-likeness (QED) is 0.216. The number of carboxylic acids is 1. The Morgan fingerprint density at radius 1 is 1.10 bits per heavy atom. The molecular weight excluding hydrogens is 404 g/mol. The first-order valence-electron chi connectivity index (χ1n) is 9.69. The molecule has 3 rings (SSSR count). The average molecular weight is 427 g/mol. The van der Waals surface area contributed by atoms with E-state index in [0.717, 1.165) is 23.9 Å². The van der Waals surface area contributed by atoms with Gasteiger partial charge in [0.1, 0.15) is 5.82 Å². The van der Waals surface area contributed by atoms with E-state index in [1.165, 1.54) is 12.1 Å². The fourth-order valence-electron chi connectivity index (χ4n) is 3.27. The number of para-hydroxylation sites is 2. The largest absolute Gasteiger partial charge is 0.478 e. The molecule has 0 aliphatic carbocycles. The number of amides is 1. The van der Waals surface area contributed by atoms with Gasteiger partial charge in [-0.05, 0) is 43.5 Å². The molecule has 0 spiro atoms. The minimum Gasteiger partial charge on any atom is -0.478 e. The van der Waals surface area contributed by atoms with E-state index >= 15 is 0 Å². The number of fused-ring (bicyclic) bond motifs is 1. The van der Waals surface area contributed by atoms with Crippen molar-refractivity contribution in [1.29, 1.82) is 5.41 Å². The van der Waals surface area contributed by atoms with E-state index in [1.807, 2.05) is 24.3 Å². The number of carbonyl (C=O) groups is 2. The van der Waals surface area contributed by atoms with E-state index in [0.29, 0.717) is 24.4 Å². The van der Waals surface area contributed by atoms with Crippen LogP contribution in [0.1, 0.15) is 58.3 Å². The first-order valence-corrected chi connectivity index (χ1v) is 10.2. The van der Waals surface area contributed by atoms with Crippen molar-refractivity contribution in [1.82, 2.24) is 15.3 Å². The number of aromatic amines is 1. The summed E-state index contributed by atoms with van der Waals surface area (Å²) < 4.78 is 0. The number of aromatic carboxylic acids is 1. The molecule has 0 saturated heterocycles. The first-order chi connectivity index (χ1) is 14.5. The number of carboxylic acid groups (broad SMARTS) is 1. The number of H-pyrrole nitrogens is 1. The molecule has 30 heavy (non-hydrogen) atoms. The smallest absolute Gasteiger partial charge is 0.336 e. The zero-order valence-electron chi connectivity index (χ0n) is 16.3. The maximum absolute atomic E-state index is 12.9. The van der Waals surface area contributed by atoms with E-state index in [-0.39, 0.29) is 17.0 Å². The van der Waals surface area contributed by atoms with Crippen LogP contribution in [0.15, 0.2) is 48.5 Å². The predicted octanol–water partition coefficient (Wildman–Crippen LogP) is 4.55. The van der Waals surface area contributed by atoms with Crippen LogP contribution in [-0.4, -0.2) is 38.5 Å². The highest BCUT2D eigenvalue weighted by molar-refractivity contribution is 6.28. The highest BCUT2D eigenvalue weighted by Crippen LogP contribution is 2.22. The number of benzene rings is 2. The van der Waals surface area contributed by atoms with Crippen LogP contribution in [0.25, 0.3) is 11.0 Å². The Balaban J connectivity index is 1.81. The van der Waals surface area contributed by atoms with Gasteiger partial charge in [-0.15, -0.1) is 11.6 Å². The van der Waals surface area contributed by atoms with Crippen LogP contribution in [0.4, 0.5) is 0 Å². The lowest BCUT2D eigenvalue weighted by atomic mass is 10.0. The van der Waals surface area contributed by atoms with Crippen LogP contribution >= 0.6 is 11.6 Å². The predicted molar refractivity (Wildman–Crippen MR) is 117 cm³/mol. The molecule has 0 bridgehead atoms. The average Bonchev–Trinajstić information content (AvgIpc) is 3.19. The van der Waals surface area contributed by atoms with E-state index < -0.39 is 17.9 Å². The van der Waals surface area contributed by atoms with Crippen LogP contribution in [0.2, 0.25) is 0 Å². The summed E-state index contributed by atoms with van der Waals surface area (Å²) in [5, 5.41) is 20.0. The van der Waals surface area contributed by atoms with Gasteiger partial charge in [-0.3, -0.25) is 4.79 Å². The van der Waals surface area contributed by atoms with Crippen LogP contribution in [0, 0.1) is 5.41 Å². The normalized spacial score (nSPS) is 11.9. The number of halogens is 1. The number of alkyl halides is 1. The lowest BCUT2D eigenvalue weighted by Gasteiger charge is -2.17. The van der Waals surface area contributed by atoms with Gasteiger partial charge in [-0.1, -0.05) is 30.7 Å². The maximum atomic E-state index is 12.9. The maximum Gasteiger partial charge on any atom is 0.336 e. The van der Waals surface area contributed by atoms with Crippen molar-refractivity contribution in [2.45, 2.75) is 31.7 Å². The summed E-state index contributed by atoms with van der Waals surface area (Å²) in [6, 6.07) is 13.3. The van der Waals surface area contributed by atoms with Crippen molar-refractivity contribution in [3.63, 3.8) is 0 Å². The summed E-state index contributed by atoms with van der Waals surface area (Å²) in [4.78, 5) is 32.2. The lowest BCUT2D eigenvalue weighted by molar-refractivity contribution is 0.0690. The van der Waals surface area contributed by atoms with Crippen LogP contribution in [0.5, 0.6) is 0 Å². The molecule has 1 atom stereocenters. The number of rotatable bonds is 10. The monoisotopic (exact) mass is 426 g/mol. The second-order valence-electron chi connectivity index (χ2n) is 7.00. The number of carbonyl (C=O) groups excluding carboxylic acids is 1. The standard InChI is InChI=1S/C22H23ClN4O3/c23-13-14(24)7-1-4-12-19(20-25-17-10-5-6-11-18(17)26-20)27-21(28)15-8-2-3-9-16(15)22(29)30/h2-3,5-6,8-11,19,24H,1,4,7,12-13H2,(H,25,26)(H,27,28)(H,29,30)/t19-/m0/s1. The highest BCUT2D eigenvalue weighted by atomic mass is 35.5.